The Morgan fingerprint density at radius 3 is 2.00 bits per heavy atom. The molecule has 2 aromatic carbocycles. The first-order valence-corrected chi connectivity index (χ1v) is 11.5. The third-order valence-electron chi connectivity index (χ3n) is 5.66. The molecule has 8 nitrogen and oxygen atoms in total. The molecule has 3 heterocycles. The molecule has 0 radical (unpaired) electrons. The molecule has 5 rings (SSSR count). The fourth-order valence-corrected chi connectivity index (χ4v) is 5.35. The average Bonchev–Trinajstić information content (AvgIpc) is 3.19. The predicted octanol–water partition coefficient (Wildman–Crippen LogP) is 1.67. The predicted molar refractivity (Wildman–Crippen MR) is 104 cm³/mol. The zero-order chi connectivity index (χ0) is 20.9. The molecule has 0 spiro atoms. The normalized spacial score (nSPS) is 38.6. The van der Waals surface area contributed by atoms with Crippen molar-refractivity contribution in [3.05, 3.63) is 71.8 Å². The van der Waals surface area contributed by atoms with Crippen molar-refractivity contribution in [2.45, 2.75) is 42.1 Å². The summed E-state index contributed by atoms with van der Waals surface area (Å²) < 4.78 is 55.0. The molecule has 7 atom stereocenters. The van der Waals surface area contributed by atoms with Gasteiger partial charge in [-0.2, -0.15) is 0 Å². The monoisotopic (exact) mass is 434 g/mol. The molecular formula is C21H22O8S. The summed E-state index contributed by atoms with van der Waals surface area (Å²) in [6, 6.07) is 18.2. The second kappa shape index (κ2) is 7.38. The van der Waals surface area contributed by atoms with E-state index in [1.165, 1.54) is 0 Å². The van der Waals surface area contributed by atoms with Crippen LogP contribution >= 0.6 is 0 Å². The smallest absolute Gasteiger partial charge is 0.226 e. The van der Waals surface area contributed by atoms with Crippen molar-refractivity contribution in [3.8, 4) is 0 Å². The number of hydrogen-bond acceptors (Lipinski definition) is 8. The summed E-state index contributed by atoms with van der Waals surface area (Å²) in [5.74, 6) is 0. The van der Waals surface area contributed by atoms with Crippen molar-refractivity contribution in [1.29, 1.82) is 0 Å². The third kappa shape index (κ3) is 3.18. The van der Waals surface area contributed by atoms with Crippen LogP contribution in [0.5, 0.6) is 0 Å². The molecule has 3 aliphatic rings. The summed E-state index contributed by atoms with van der Waals surface area (Å²) in [4.78, 5) is -2.37. The van der Waals surface area contributed by atoms with Gasteiger partial charge in [0.1, 0.15) is 12.2 Å². The molecule has 2 aromatic rings. The zero-order valence-electron chi connectivity index (χ0n) is 16.2. The Balaban J connectivity index is 1.49. The average molecular weight is 434 g/mol. The molecule has 160 valence electrons. The quantitative estimate of drug-likeness (QED) is 0.779. The van der Waals surface area contributed by atoms with E-state index in [9.17, 15) is 13.5 Å². The number of rotatable bonds is 3. The minimum Gasteiger partial charge on any atom is -0.370 e. The Morgan fingerprint density at radius 2 is 1.40 bits per heavy atom. The lowest BCUT2D eigenvalue weighted by molar-refractivity contribution is -0.346. The maximum Gasteiger partial charge on any atom is 0.226 e. The van der Waals surface area contributed by atoms with Crippen LogP contribution in [0.3, 0.4) is 0 Å². The van der Waals surface area contributed by atoms with E-state index in [-0.39, 0.29) is 6.61 Å². The third-order valence-corrected chi connectivity index (χ3v) is 7.31. The highest BCUT2D eigenvalue weighted by molar-refractivity contribution is 7.92. The highest BCUT2D eigenvalue weighted by Crippen LogP contribution is 2.48. The van der Waals surface area contributed by atoms with Gasteiger partial charge in [0, 0.05) is 17.4 Å². The molecule has 1 N–H and O–H groups in total. The zero-order valence-corrected chi connectivity index (χ0v) is 17.0. The highest BCUT2D eigenvalue weighted by Gasteiger charge is 2.68. The molecule has 3 saturated heterocycles. The van der Waals surface area contributed by atoms with Gasteiger partial charge in [-0.25, -0.2) is 8.42 Å². The second-order valence-corrected chi connectivity index (χ2v) is 9.83. The summed E-state index contributed by atoms with van der Waals surface area (Å²) in [5, 5.41) is 11.5. The second-order valence-electron chi connectivity index (χ2n) is 7.63. The summed E-state index contributed by atoms with van der Waals surface area (Å²) in [6.45, 7) is 0.0324. The first kappa shape index (κ1) is 20.1. The van der Waals surface area contributed by atoms with Gasteiger partial charge in [0.2, 0.25) is 4.93 Å². The highest BCUT2D eigenvalue weighted by atomic mass is 32.2. The topological polar surface area (TPSA) is 101 Å². The van der Waals surface area contributed by atoms with Gasteiger partial charge in [-0.05, 0) is 0 Å². The van der Waals surface area contributed by atoms with Gasteiger partial charge >= 0.3 is 0 Å². The van der Waals surface area contributed by atoms with E-state index in [1.54, 1.807) is 24.3 Å². The van der Waals surface area contributed by atoms with Crippen LogP contribution in [0.4, 0.5) is 0 Å². The van der Waals surface area contributed by atoms with Gasteiger partial charge < -0.3 is 28.8 Å². The Labute approximate surface area is 174 Å². The Kier molecular flexibility index (Phi) is 4.94. The number of aliphatic hydroxyl groups is 1. The minimum absolute atomic E-state index is 0.0324. The molecule has 3 fully saturated rings. The van der Waals surface area contributed by atoms with Gasteiger partial charge in [0.25, 0.3) is 0 Å². The number of sulfone groups is 1. The van der Waals surface area contributed by atoms with Crippen LogP contribution < -0.4 is 0 Å². The first-order valence-electron chi connectivity index (χ1n) is 9.63. The van der Waals surface area contributed by atoms with Crippen molar-refractivity contribution < 1.29 is 37.2 Å². The van der Waals surface area contributed by atoms with E-state index in [0.29, 0.717) is 11.1 Å². The maximum atomic E-state index is 12.8. The summed E-state index contributed by atoms with van der Waals surface area (Å²) >= 11 is 0. The Bertz CT molecular complexity index is 961. The van der Waals surface area contributed by atoms with Gasteiger partial charge in [0.15, 0.2) is 34.8 Å². The van der Waals surface area contributed by atoms with E-state index in [0.717, 1.165) is 6.26 Å². The SMILES string of the molecule is CS(=O)(=O)[C@]1(O)[C@@H]2OC(c3ccccc3)OC[C@H]2O[C@@H]2OC(c3ccccc3)O[C@@H]21. The van der Waals surface area contributed by atoms with Gasteiger partial charge in [-0.15, -0.1) is 0 Å². The molecule has 0 aromatic heterocycles. The van der Waals surface area contributed by atoms with Gasteiger partial charge in [-0.1, -0.05) is 60.7 Å². The summed E-state index contributed by atoms with van der Waals surface area (Å²) in [7, 11) is -4.07. The van der Waals surface area contributed by atoms with E-state index in [4.69, 9.17) is 23.7 Å². The van der Waals surface area contributed by atoms with Crippen molar-refractivity contribution in [3.63, 3.8) is 0 Å². The van der Waals surface area contributed by atoms with Gasteiger partial charge in [0.05, 0.1) is 6.61 Å². The van der Waals surface area contributed by atoms with Gasteiger partial charge in [-0.3, -0.25) is 0 Å². The lowest BCUT2D eigenvalue weighted by Gasteiger charge is -2.50. The number of hydrogen-bond donors (Lipinski definition) is 1. The van der Waals surface area contributed by atoms with Crippen LogP contribution in [0.15, 0.2) is 60.7 Å². The minimum atomic E-state index is -4.07. The molecule has 0 aliphatic carbocycles. The van der Waals surface area contributed by atoms with Crippen LogP contribution in [0, 0.1) is 0 Å². The molecule has 0 bridgehead atoms. The fraction of sp³-hybridized carbons (Fsp3) is 0.429. The summed E-state index contributed by atoms with van der Waals surface area (Å²) in [6.07, 6.45) is -5.18. The molecular weight excluding hydrogens is 412 g/mol. The number of ether oxygens (including phenoxy) is 5. The molecule has 2 unspecified atom stereocenters. The van der Waals surface area contributed by atoms with Crippen molar-refractivity contribution >= 4 is 9.84 Å². The molecule has 30 heavy (non-hydrogen) atoms. The maximum absolute atomic E-state index is 12.8. The van der Waals surface area contributed by atoms with Crippen molar-refractivity contribution in [2.75, 3.05) is 12.9 Å². The van der Waals surface area contributed by atoms with Crippen LogP contribution in [-0.4, -0.2) is 55.9 Å². The van der Waals surface area contributed by atoms with Crippen LogP contribution in [0.1, 0.15) is 23.7 Å². The van der Waals surface area contributed by atoms with Crippen LogP contribution in [0.2, 0.25) is 0 Å². The van der Waals surface area contributed by atoms with E-state index in [2.05, 4.69) is 0 Å². The van der Waals surface area contributed by atoms with Crippen molar-refractivity contribution in [1.82, 2.24) is 0 Å². The molecule has 9 heteroatoms. The molecule has 0 amide bonds. The van der Waals surface area contributed by atoms with Crippen LogP contribution in [0.25, 0.3) is 0 Å². The van der Waals surface area contributed by atoms with E-state index >= 15 is 0 Å². The van der Waals surface area contributed by atoms with E-state index < -0.39 is 52.0 Å². The fourth-order valence-electron chi connectivity index (χ4n) is 4.13. The Morgan fingerprint density at radius 1 is 0.833 bits per heavy atom. The lowest BCUT2D eigenvalue weighted by atomic mass is 9.97. The molecule has 3 aliphatic heterocycles. The Hall–Kier alpha value is -1.85. The summed E-state index contributed by atoms with van der Waals surface area (Å²) in [5.41, 5.74) is 1.40. The number of fused-ring (bicyclic) bond motifs is 2. The number of benzene rings is 2. The van der Waals surface area contributed by atoms with Crippen molar-refractivity contribution in [2.24, 2.45) is 0 Å². The lowest BCUT2D eigenvalue weighted by Crippen LogP contribution is -2.71. The standard InChI is InChI=1S/C21H22O8S/c1-30(23,24)21(22)16-15(12-25-18(27-16)13-8-4-2-5-9-13)26-20-17(21)28-19(29-20)14-10-6-3-7-11-14/h2-11,15-20,22H,12H2,1H3/t15-,16-,17+,18?,19?,20-,21-/m1/s1. The molecule has 0 saturated carbocycles. The first-order chi connectivity index (χ1) is 14.4. The van der Waals surface area contributed by atoms with E-state index in [1.807, 2.05) is 36.4 Å². The largest absolute Gasteiger partial charge is 0.370 e. The van der Waals surface area contributed by atoms with Crippen LogP contribution in [-0.2, 0) is 33.5 Å².